The zero-order chi connectivity index (χ0) is 12.1. The van der Waals surface area contributed by atoms with Crippen molar-refractivity contribution < 1.29 is 19.1 Å². The topological polar surface area (TPSA) is 52.6 Å². The lowest BCUT2D eigenvalue weighted by Crippen LogP contribution is -2.05. The second kappa shape index (κ2) is 5.65. The van der Waals surface area contributed by atoms with Gasteiger partial charge in [0.25, 0.3) is 0 Å². The number of aryl methyl sites for hydroxylation is 1. The molecule has 1 heterocycles. The lowest BCUT2D eigenvalue weighted by atomic mass is 10.2. The van der Waals surface area contributed by atoms with Crippen LogP contribution in [0.15, 0.2) is 6.07 Å². The first-order valence-electron chi connectivity index (χ1n) is 5.04. The molecule has 4 nitrogen and oxygen atoms in total. The first-order chi connectivity index (χ1) is 7.60. The molecule has 0 bridgehead atoms. The van der Waals surface area contributed by atoms with E-state index >= 15 is 0 Å². The first kappa shape index (κ1) is 12.7. The maximum absolute atomic E-state index is 11.5. The predicted octanol–water partition coefficient (Wildman–Crippen LogP) is 2.41. The Labute approximate surface area is 98.2 Å². The number of carbonyl (C=O) groups is 2. The van der Waals surface area contributed by atoms with E-state index in [2.05, 4.69) is 0 Å². The Morgan fingerprint density at radius 1 is 1.19 bits per heavy atom. The van der Waals surface area contributed by atoms with Crippen LogP contribution in [-0.2, 0) is 9.47 Å². The fourth-order valence-electron chi connectivity index (χ4n) is 1.20. The lowest BCUT2D eigenvalue weighted by Gasteiger charge is -1.99. The largest absolute Gasteiger partial charge is 0.462 e. The summed E-state index contributed by atoms with van der Waals surface area (Å²) in [7, 11) is 0. The molecule has 0 radical (unpaired) electrons. The molecule has 88 valence electrons. The van der Waals surface area contributed by atoms with E-state index in [1.54, 1.807) is 20.8 Å². The van der Waals surface area contributed by atoms with Crippen molar-refractivity contribution in [1.29, 1.82) is 0 Å². The van der Waals surface area contributed by atoms with Crippen molar-refractivity contribution in [1.82, 2.24) is 0 Å². The summed E-state index contributed by atoms with van der Waals surface area (Å²) in [5.41, 5.74) is 0.440. The van der Waals surface area contributed by atoms with Crippen LogP contribution in [0.5, 0.6) is 0 Å². The van der Waals surface area contributed by atoms with E-state index in [0.717, 1.165) is 4.88 Å². The second-order valence-corrected chi connectivity index (χ2v) is 4.28. The van der Waals surface area contributed by atoms with E-state index < -0.39 is 11.9 Å². The minimum Gasteiger partial charge on any atom is -0.462 e. The number of esters is 2. The zero-order valence-electron chi connectivity index (χ0n) is 9.53. The van der Waals surface area contributed by atoms with Crippen LogP contribution in [0.1, 0.15) is 38.8 Å². The molecule has 0 amide bonds. The van der Waals surface area contributed by atoms with Crippen LogP contribution in [-0.4, -0.2) is 25.2 Å². The average Bonchev–Trinajstić information content (AvgIpc) is 2.61. The molecule has 0 saturated heterocycles. The van der Waals surface area contributed by atoms with Gasteiger partial charge in [-0.25, -0.2) is 9.59 Å². The smallest absolute Gasteiger partial charge is 0.348 e. The van der Waals surface area contributed by atoms with Gasteiger partial charge >= 0.3 is 11.9 Å². The normalized spacial score (nSPS) is 9.94. The van der Waals surface area contributed by atoms with E-state index in [-0.39, 0.29) is 0 Å². The molecule has 1 aromatic rings. The Morgan fingerprint density at radius 3 is 2.31 bits per heavy atom. The number of hydrogen-bond acceptors (Lipinski definition) is 5. The van der Waals surface area contributed by atoms with E-state index in [9.17, 15) is 9.59 Å². The van der Waals surface area contributed by atoms with Gasteiger partial charge in [0.15, 0.2) is 0 Å². The average molecular weight is 242 g/mol. The third-order valence-corrected chi connectivity index (χ3v) is 2.92. The highest BCUT2D eigenvalue weighted by atomic mass is 32.1. The van der Waals surface area contributed by atoms with Crippen LogP contribution in [0.4, 0.5) is 0 Å². The van der Waals surface area contributed by atoms with Gasteiger partial charge in [-0.05, 0) is 26.8 Å². The Balaban J connectivity index is 2.89. The fourth-order valence-corrected chi connectivity index (χ4v) is 2.10. The first-order valence-corrected chi connectivity index (χ1v) is 5.86. The molecule has 0 atom stereocenters. The molecule has 1 aromatic heterocycles. The van der Waals surface area contributed by atoms with Gasteiger partial charge in [0, 0.05) is 4.88 Å². The molecule has 16 heavy (non-hydrogen) atoms. The van der Waals surface area contributed by atoms with Crippen molar-refractivity contribution in [2.45, 2.75) is 20.8 Å². The van der Waals surface area contributed by atoms with Gasteiger partial charge in [-0.3, -0.25) is 0 Å². The fraction of sp³-hybridized carbons (Fsp3) is 0.455. The lowest BCUT2D eigenvalue weighted by molar-refractivity contribution is 0.0526. The van der Waals surface area contributed by atoms with Gasteiger partial charge in [-0.1, -0.05) is 0 Å². The number of rotatable bonds is 4. The Morgan fingerprint density at radius 2 is 1.75 bits per heavy atom. The number of ether oxygens (including phenoxy) is 2. The van der Waals surface area contributed by atoms with Crippen molar-refractivity contribution >= 4 is 23.3 Å². The van der Waals surface area contributed by atoms with Crippen LogP contribution in [0, 0.1) is 6.92 Å². The van der Waals surface area contributed by atoms with Gasteiger partial charge in [-0.2, -0.15) is 0 Å². The van der Waals surface area contributed by atoms with E-state index in [0.29, 0.717) is 23.7 Å². The monoisotopic (exact) mass is 242 g/mol. The van der Waals surface area contributed by atoms with Crippen molar-refractivity contribution in [3.8, 4) is 0 Å². The molecular weight excluding hydrogens is 228 g/mol. The number of thiophene rings is 1. The Bertz CT molecular complexity index is 395. The van der Waals surface area contributed by atoms with Gasteiger partial charge in [0.1, 0.15) is 4.88 Å². The third-order valence-electron chi connectivity index (χ3n) is 1.89. The summed E-state index contributed by atoms with van der Waals surface area (Å²) >= 11 is 1.24. The molecule has 0 aliphatic carbocycles. The molecule has 5 heteroatoms. The van der Waals surface area contributed by atoms with E-state index in [1.165, 1.54) is 17.4 Å². The van der Waals surface area contributed by atoms with Crippen LogP contribution in [0.25, 0.3) is 0 Å². The molecule has 0 spiro atoms. The number of hydrogen-bond donors (Lipinski definition) is 0. The number of carbonyl (C=O) groups excluding carboxylic acids is 2. The van der Waals surface area contributed by atoms with Crippen LogP contribution in [0.3, 0.4) is 0 Å². The van der Waals surface area contributed by atoms with Crippen molar-refractivity contribution in [2.24, 2.45) is 0 Å². The summed E-state index contributed by atoms with van der Waals surface area (Å²) in [5, 5.41) is 0. The van der Waals surface area contributed by atoms with Gasteiger partial charge in [0.2, 0.25) is 0 Å². The maximum Gasteiger partial charge on any atom is 0.348 e. The summed E-state index contributed by atoms with van der Waals surface area (Å²) in [5.74, 6) is -0.794. The van der Waals surface area contributed by atoms with Crippen molar-refractivity contribution in [3.05, 3.63) is 21.4 Å². The maximum atomic E-state index is 11.5. The highest BCUT2D eigenvalue weighted by molar-refractivity contribution is 7.14. The third kappa shape index (κ3) is 2.82. The zero-order valence-corrected chi connectivity index (χ0v) is 10.3. The SMILES string of the molecule is CCOC(=O)c1cc(C(=O)OCC)c(C)s1. The highest BCUT2D eigenvalue weighted by Crippen LogP contribution is 2.23. The Hall–Kier alpha value is -1.36. The van der Waals surface area contributed by atoms with E-state index in [1.807, 2.05) is 0 Å². The molecule has 1 rings (SSSR count). The van der Waals surface area contributed by atoms with Crippen molar-refractivity contribution in [2.75, 3.05) is 13.2 Å². The highest BCUT2D eigenvalue weighted by Gasteiger charge is 2.18. The Kier molecular flexibility index (Phi) is 4.49. The van der Waals surface area contributed by atoms with E-state index in [4.69, 9.17) is 9.47 Å². The van der Waals surface area contributed by atoms with Gasteiger partial charge < -0.3 is 9.47 Å². The van der Waals surface area contributed by atoms with Crippen LogP contribution < -0.4 is 0 Å². The summed E-state index contributed by atoms with van der Waals surface area (Å²) in [6.45, 7) is 5.91. The summed E-state index contributed by atoms with van der Waals surface area (Å²) < 4.78 is 9.73. The molecule has 0 aromatic carbocycles. The molecule has 0 aliphatic heterocycles. The molecular formula is C11H14O4S. The molecule has 0 fully saturated rings. The molecule has 0 N–H and O–H groups in total. The molecule has 0 saturated carbocycles. The quantitative estimate of drug-likeness (QED) is 0.761. The summed E-state index contributed by atoms with van der Waals surface area (Å²) in [4.78, 5) is 24.1. The predicted molar refractivity (Wildman–Crippen MR) is 61.0 cm³/mol. The minimum absolute atomic E-state index is 0.322. The minimum atomic E-state index is -0.397. The van der Waals surface area contributed by atoms with Gasteiger partial charge in [0.05, 0.1) is 18.8 Å². The van der Waals surface area contributed by atoms with Crippen molar-refractivity contribution in [3.63, 3.8) is 0 Å². The molecule has 0 aliphatic rings. The summed E-state index contributed by atoms with van der Waals surface area (Å²) in [6, 6.07) is 1.52. The molecule has 0 unspecified atom stereocenters. The second-order valence-electron chi connectivity index (χ2n) is 3.02. The van der Waals surface area contributed by atoms with Crippen LogP contribution in [0.2, 0.25) is 0 Å². The standard InChI is InChI=1S/C11H14O4S/c1-4-14-10(12)8-6-9(16-7(8)3)11(13)15-5-2/h6H,4-5H2,1-3H3. The van der Waals surface area contributed by atoms with Gasteiger partial charge in [-0.15, -0.1) is 11.3 Å². The van der Waals surface area contributed by atoms with Crippen LogP contribution >= 0.6 is 11.3 Å². The summed E-state index contributed by atoms with van der Waals surface area (Å²) in [6.07, 6.45) is 0.